The van der Waals surface area contributed by atoms with Crippen LogP contribution in [0.5, 0.6) is 0 Å². The fourth-order valence-electron chi connectivity index (χ4n) is 3.52. The molecule has 2 rings (SSSR count). The number of rotatable bonds is 5. The summed E-state index contributed by atoms with van der Waals surface area (Å²) < 4.78 is 0. The second-order valence-electron chi connectivity index (χ2n) is 6.24. The number of nitrogens with two attached hydrogens (primary N) is 1. The van der Waals surface area contributed by atoms with Crippen LogP contribution in [0.2, 0.25) is 5.02 Å². The van der Waals surface area contributed by atoms with Crippen molar-refractivity contribution in [3.63, 3.8) is 0 Å². The Kier molecular flexibility index (Phi) is 5.29. The molecule has 2 N–H and O–H groups in total. The van der Waals surface area contributed by atoms with E-state index in [0.29, 0.717) is 5.41 Å². The minimum Gasteiger partial charge on any atom is -0.330 e. The van der Waals surface area contributed by atoms with E-state index in [2.05, 4.69) is 19.1 Å². The number of halogens is 1. The Morgan fingerprint density at radius 3 is 2.63 bits per heavy atom. The molecule has 19 heavy (non-hydrogen) atoms. The van der Waals surface area contributed by atoms with Crippen molar-refractivity contribution in [2.24, 2.45) is 17.1 Å². The van der Waals surface area contributed by atoms with Gasteiger partial charge in [0, 0.05) is 5.02 Å². The van der Waals surface area contributed by atoms with Crippen molar-refractivity contribution in [2.45, 2.75) is 51.9 Å². The molecule has 0 spiro atoms. The monoisotopic (exact) mass is 279 g/mol. The van der Waals surface area contributed by atoms with E-state index in [1.807, 2.05) is 12.1 Å². The summed E-state index contributed by atoms with van der Waals surface area (Å²) in [4.78, 5) is 0. The Balaban J connectivity index is 2.00. The molecule has 0 atom stereocenters. The standard InChI is InChI=1S/C17H26ClN/c1-2-4-14-7-9-17(13-19,10-8-14)12-15-5-3-6-16(18)11-15/h3,5-6,11,14H,2,4,7-10,12-13,19H2,1H3. The summed E-state index contributed by atoms with van der Waals surface area (Å²) in [6.45, 7) is 3.09. The maximum atomic E-state index is 6.11. The molecule has 106 valence electrons. The lowest BCUT2D eigenvalue weighted by atomic mass is 9.67. The summed E-state index contributed by atoms with van der Waals surface area (Å²) in [5, 5.41) is 0.837. The fourth-order valence-corrected chi connectivity index (χ4v) is 3.73. The number of hydrogen-bond acceptors (Lipinski definition) is 1. The van der Waals surface area contributed by atoms with Crippen molar-refractivity contribution in [2.75, 3.05) is 6.54 Å². The van der Waals surface area contributed by atoms with Crippen molar-refractivity contribution < 1.29 is 0 Å². The largest absolute Gasteiger partial charge is 0.330 e. The number of hydrogen-bond donors (Lipinski definition) is 1. The zero-order chi connectivity index (χ0) is 13.7. The average molecular weight is 280 g/mol. The molecular weight excluding hydrogens is 254 g/mol. The smallest absolute Gasteiger partial charge is 0.0408 e. The first-order valence-corrected chi connectivity index (χ1v) is 8.00. The Hall–Kier alpha value is -0.530. The molecule has 1 fully saturated rings. The third kappa shape index (κ3) is 3.97. The molecule has 0 aliphatic heterocycles. The van der Waals surface area contributed by atoms with E-state index in [0.717, 1.165) is 23.9 Å². The Bertz CT molecular complexity index is 394. The van der Waals surface area contributed by atoms with Crippen molar-refractivity contribution >= 4 is 11.6 Å². The fraction of sp³-hybridized carbons (Fsp3) is 0.647. The zero-order valence-corrected chi connectivity index (χ0v) is 12.8. The summed E-state index contributed by atoms with van der Waals surface area (Å²) in [7, 11) is 0. The van der Waals surface area contributed by atoms with Gasteiger partial charge in [-0.1, -0.05) is 43.5 Å². The second-order valence-corrected chi connectivity index (χ2v) is 6.68. The molecule has 0 heterocycles. The van der Waals surface area contributed by atoms with E-state index in [9.17, 15) is 0 Å². The van der Waals surface area contributed by atoms with Gasteiger partial charge < -0.3 is 5.73 Å². The molecule has 2 heteroatoms. The topological polar surface area (TPSA) is 26.0 Å². The SMILES string of the molecule is CCCC1CCC(CN)(Cc2cccc(Cl)c2)CC1. The zero-order valence-electron chi connectivity index (χ0n) is 12.0. The molecule has 1 aliphatic carbocycles. The molecule has 0 saturated heterocycles. The first-order valence-electron chi connectivity index (χ1n) is 7.62. The van der Waals surface area contributed by atoms with Gasteiger partial charge in [0.1, 0.15) is 0 Å². The van der Waals surface area contributed by atoms with Gasteiger partial charge in [-0.2, -0.15) is 0 Å². The molecule has 0 unspecified atom stereocenters. The summed E-state index contributed by atoms with van der Waals surface area (Å²) in [5.74, 6) is 0.934. The molecule has 0 aromatic heterocycles. The lowest BCUT2D eigenvalue weighted by Crippen LogP contribution is -2.36. The van der Waals surface area contributed by atoms with E-state index in [-0.39, 0.29) is 0 Å². The average Bonchev–Trinajstić information content (AvgIpc) is 2.42. The molecule has 0 amide bonds. The molecule has 0 radical (unpaired) electrons. The van der Waals surface area contributed by atoms with Crippen molar-refractivity contribution in [1.82, 2.24) is 0 Å². The van der Waals surface area contributed by atoms with Crippen LogP contribution in [-0.2, 0) is 6.42 Å². The van der Waals surface area contributed by atoms with Crippen molar-refractivity contribution in [3.05, 3.63) is 34.9 Å². The van der Waals surface area contributed by atoms with Gasteiger partial charge >= 0.3 is 0 Å². The second kappa shape index (κ2) is 6.76. The van der Waals surface area contributed by atoms with E-state index in [1.54, 1.807) is 0 Å². The minimum atomic E-state index is 0.314. The van der Waals surface area contributed by atoms with Crippen LogP contribution in [0.1, 0.15) is 51.0 Å². The lowest BCUT2D eigenvalue weighted by Gasteiger charge is -2.40. The first kappa shape index (κ1) is 14.9. The first-order chi connectivity index (χ1) is 9.17. The van der Waals surface area contributed by atoms with Crippen LogP contribution < -0.4 is 5.73 Å². The van der Waals surface area contributed by atoms with Gasteiger partial charge in [-0.25, -0.2) is 0 Å². The van der Waals surface area contributed by atoms with Gasteiger partial charge in [0.2, 0.25) is 0 Å². The van der Waals surface area contributed by atoms with Gasteiger partial charge in [0.25, 0.3) is 0 Å². The Morgan fingerprint density at radius 1 is 1.32 bits per heavy atom. The van der Waals surface area contributed by atoms with Gasteiger partial charge in [0.05, 0.1) is 0 Å². The lowest BCUT2D eigenvalue weighted by molar-refractivity contribution is 0.151. The molecule has 1 aromatic rings. The highest BCUT2D eigenvalue weighted by Crippen LogP contribution is 2.42. The van der Waals surface area contributed by atoms with Crippen LogP contribution in [0.25, 0.3) is 0 Å². The van der Waals surface area contributed by atoms with Crippen molar-refractivity contribution in [1.29, 1.82) is 0 Å². The van der Waals surface area contributed by atoms with E-state index in [1.165, 1.54) is 44.1 Å². The predicted molar refractivity (Wildman–Crippen MR) is 83.5 cm³/mol. The van der Waals surface area contributed by atoms with Gasteiger partial charge in [0.15, 0.2) is 0 Å². The normalized spacial score (nSPS) is 27.4. The van der Waals surface area contributed by atoms with Crippen molar-refractivity contribution in [3.8, 4) is 0 Å². The maximum Gasteiger partial charge on any atom is 0.0408 e. The predicted octanol–water partition coefficient (Wildman–Crippen LogP) is 4.82. The number of benzene rings is 1. The molecule has 1 saturated carbocycles. The summed E-state index contributed by atoms with van der Waals surface area (Å²) in [6.07, 6.45) is 9.05. The molecule has 0 bridgehead atoms. The Morgan fingerprint density at radius 2 is 2.05 bits per heavy atom. The van der Waals surface area contributed by atoms with Gasteiger partial charge in [-0.3, -0.25) is 0 Å². The minimum absolute atomic E-state index is 0.314. The highest BCUT2D eigenvalue weighted by Gasteiger charge is 2.33. The van der Waals surface area contributed by atoms with Crippen LogP contribution in [-0.4, -0.2) is 6.54 Å². The third-order valence-corrected chi connectivity index (χ3v) is 5.00. The van der Waals surface area contributed by atoms with Gasteiger partial charge in [-0.05, 0) is 67.7 Å². The van der Waals surface area contributed by atoms with E-state index >= 15 is 0 Å². The highest BCUT2D eigenvalue weighted by molar-refractivity contribution is 6.30. The van der Waals surface area contributed by atoms with Crippen LogP contribution >= 0.6 is 11.6 Å². The summed E-state index contributed by atoms with van der Waals surface area (Å²) in [6, 6.07) is 8.27. The molecule has 1 aromatic carbocycles. The van der Waals surface area contributed by atoms with Crippen LogP contribution in [0, 0.1) is 11.3 Å². The molecule has 1 nitrogen and oxygen atoms in total. The molecular formula is C17H26ClN. The molecule has 1 aliphatic rings. The third-order valence-electron chi connectivity index (χ3n) is 4.76. The van der Waals surface area contributed by atoms with Gasteiger partial charge in [-0.15, -0.1) is 0 Å². The van der Waals surface area contributed by atoms with E-state index in [4.69, 9.17) is 17.3 Å². The van der Waals surface area contributed by atoms with E-state index < -0.39 is 0 Å². The van der Waals surface area contributed by atoms with Crippen LogP contribution in [0.3, 0.4) is 0 Å². The highest BCUT2D eigenvalue weighted by atomic mass is 35.5. The summed E-state index contributed by atoms with van der Waals surface area (Å²) in [5.41, 5.74) is 7.76. The van der Waals surface area contributed by atoms with Crippen LogP contribution in [0.15, 0.2) is 24.3 Å². The summed E-state index contributed by atoms with van der Waals surface area (Å²) >= 11 is 6.08. The quantitative estimate of drug-likeness (QED) is 0.822. The van der Waals surface area contributed by atoms with Crippen LogP contribution in [0.4, 0.5) is 0 Å². The Labute approximate surface area is 122 Å². The maximum absolute atomic E-state index is 6.11.